The number of phenolic OH excluding ortho intramolecular Hbond substituents is 1. The molecule has 0 saturated carbocycles. The van der Waals surface area contributed by atoms with Crippen molar-refractivity contribution in [3.8, 4) is 11.8 Å². The average Bonchev–Trinajstić information content (AvgIpc) is 2.26. The van der Waals surface area contributed by atoms with Gasteiger partial charge in [0.15, 0.2) is 5.78 Å². The molecule has 0 aliphatic rings. The Morgan fingerprint density at radius 1 is 1.47 bits per heavy atom. The molecule has 7 heteroatoms. The van der Waals surface area contributed by atoms with E-state index in [1.807, 2.05) is 0 Å². The molecule has 0 saturated heterocycles. The van der Waals surface area contributed by atoms with Gasteiger partial charge in [0.2, 0.25) is 0 Å². The number of nitrogens with zero attached hydrogens (tertiary/aromatic N) is 1. The van der Waals surface area contributed by atoms with E-state index in [1.54, 1.807) is 0 Å². The van der Waals surface area contributed by atoms with Crippen molar-refractivity contribution in [1.82, 2.24) is 0 Å². The van der Waals surface area contributed by atoms with Crippen LogP contribution in [-0.2, 0) is 6.18 Å². The summed E-state index contributed by atoms with van der Waals surface area (Å²) < 4.78 is 37.4. The quantitative estimate of drug-likeness (QED) is 0.675. The van der Waals surface area contributed by atoms with E-state index >= 15 is 0 Å². The van der Waals surface area contributed by atoms with Gasteiger partial charge in [-0.25, -0.2) is 0 Å². The summed E-state index contributed by atoms with van der Waals surface area (Å²) in [4.78, 5) is 11.3. The highest BCUT2D eigenvalue weighted by Crippen LogP contribution is 2.35. The monoisotopic (exact) mass is 307 g/mol. The first-order valence-electron chi connectivity index (χ1n) is 4.24. The second kappa shape index (κ2) is 4.75. The maximum Gasteiger partial charge on any atom is 0.417 e. The molecule has 0 radical (unpaired) electrons. The van der Waals surface area contributed by atoms with Crippen LogP contribution in [0, 0.1) is 11.3 Å². The molecule has 0 aromatic heterocycles. The van der Waals surface area contributed by atoms with E-state index in [1.165, 1.54) is 6.07 Å². The Morgan fingerprint density at radius 3 is 2.47 bits per heavy atom. The molecule has 1 aromatic carbocycles. The van der Waals surface area contributed by atoms with E-state index in [0.717, 1.165) is 6.07 Å². The molecule has 1 N–H and O–H groups in total. The molecule has 90 valence electrons. The molecule has 0 amide bonds. The molecule has 0 atom stereocenters. The SMILES string of the molecule is N#Cc1cc(C(=O)CBr)c(O)cc1C(F)(F)F. The van der Waals surface area contributed by atoms with Gasteiger partial charge in [-0.05, 0) is 12.1 Å². The van der Waals surface area contributed by atoms with Crippen LogP contribution in [0.4, 0.5) is 13.2 Å². The van der Waals surface area contributed by atoms with Crippen LogP contribution in [0.3, 0.4) is 0 Å². The van der Waals surface area contributed by atoms with Crippen LogP contribution in [0.5, 0.6) is 5.75 Å². The zero-order chi connectivity index (χ0) is 13.2. The highest BCUT2D eigenvalue weighted by molar-refractivity contribution is 9.09. The van der Waals surface area contributed by atoms with Gasteiger partial charge in [-0.15, -0.1) is 0 Å². The highest BCUT2D eigenvalue weighted by Gasteiger charge is 2.35. The summed E-state index contributed by atoms with van der Waals surface area (Å²) in [6.07, 6.45) is -4.75. The van der Waals surface area contributed by atoms with Gasteiger partial charge in [-0.3, -0.25) is 4.79 Å². The Hall–Kier alpha value is -1.55. The third-order valence-corrected chi connectivity index (χ3v) is 2.49. The van der Waals surface area contributed by atoms with Gasteiger partial charge in [0.25, 0.3) is 0 Å². The molecule has 1 aromatic rings. The van der Waals surface area contributed by atoms with Crippen molar-refractivity contribution in [2.75, 3.05) is 5.33 Å². The van der Waals surface area contributed by atoms with Gasteiger partial charge in [0.05, 0.1) is 28.1 Å². The second-order valence-corrected chi connectivity index (χ2v) is 3.64. The summed E-state index contributed by atoms with van der Waals surface area (Å²) in [6, 6.07) is 2.47. The molecule has 0 fully saturated rings. The normalized spacial score (nSPS) is 11.0. The molecule has 0 bridgehead atoms. The van der Waals surface area contributed by atoms with Crippen LogP contribution in [0.1, 0.15) is 21.5 Å². The van der Waals surface area contributed by atoms with Crippen LogP contribution in [0.25, 0.3) is 0 Å². The minimum absolute atomic E-state index is 0.156. The Balaban J connectivity index is 3.47. The lowest BCUT2D eigenvalue weighted by Crippen LogP contribution is -2.10. The first-order valence-corrected chi connectivity index (χ1v) is 5.37. The number of Topliss-reactive ketones (excluding diaryl/α,β-unsaturated/α-hetero) is 1. The molecule has 0 aliphatic heterocycles. The number of ketones is 1. The third-order valence-electron chi connectivity index (χ3n) is 1.98. The summed E-state index contributed by atoms with van der Waals surface area (Å²) in [5.74, 6) is -1.39. The number of hydrogen-bond donors (Lipinski definition) is 1. The minimum atomic E-state index is -4.75. The molecule has 1 rings (SSSR count). The summed E-state index contributed by atoms with van der Waals surface area (Å²) in [6.45, 7) is 0. The largest absolute Gasteiger partial charge is 0.507 e. The zero-order valence-corrected chi connectivity index (χ0v) is 9.76. The molecular formula is C10H5BrF3NO2. The van der Waals surface area contributed by atoms with E-state index in [0.29, 0.717) is 6.07 Å². The molecule has 3 nitrogen and oxygen atoms in total. The topological polar surface area (TPSA) is 61.1 Å². The summed E-state index contributed by atoms with van der Waals surface area (Å²) in [7, 11) is 0. The second-order valence-electron chi connectivity index (χ2n) is 3.08. The van der Waals surface area contributed by atoms with Crippen molar-refractivity contribution in [2.45, 2.75) is 6.18 Å². The maximum atomic E-state index is 12.5. The van der Waals surface area contributed by atoms with Crippen molar-refractivity contribution >= 4 is 21.7 Å². The molecule has 17 heavy (non-hydrogen) atoms. The first kappa shape index (κ1) is 13.5. The van der Waals surface area contributed by atoms with Crippen molar-refractivity contribution in [1.29, 1.82) is 5.26 Å². The summed E-state index contributed by atoms with van der Waals surface area (Å²) >= 11 is 2.82. The molecule has 0 spiro atoms. The average molecular weight is 308 g/mol. The van der Waals surface area contributed by atoms with E-state index < -0.39 is 28.8 Å². The van der Waals surface area contributed by atoms with E-state index in [9.17, 15) is 23.1 Å². The lowest BCUT2D eigenvalue weighted by Gasteiger charge is -2.11. The number of nitriles is 1. The Kier molecular flexibility index (Phi) is 3.78. The van der Waals surface area contributed by atoms with Crippen LogP contribution in [0.2, 0.25) is 0 Å². The van der Waals surface area contributed by atoms with Crippen molar-refractivity contribution in [2.24, 2.45) is 0 Å². The Bertz CT molecular complexity index is 505. The van der Waals surface area contributed by atoms with E-state index in [4.69, 9.17) is 5.26 Å². The number of carbonyl (C=O) groups is 1. The van der Waals surface area contributed by atoms with Crippen molar-refractivity contribution in [3.63, 3.8) is 0 Å². The van der Waals surface area contributed by atoms with Crippen LogP contribution in [-0.4, -0.2) is 16.2 Å². The van der Waals surface area contributed by atoms with Crippen molar-refractivity contribution < 1.29 is 23.1 Å². The maximum absolute atomic E-state index is 12.5. The van der Waals surface area contributed by atoms with Crippen molar-refractivity contribution in [3.05, 3.63) is 28.8 Å². The standard InChI is InChI=1S/C10H5BrF3NO2/c11-3-9(17)6-1-5(4-15)7(2-8(6)16)10(12,13)14/h1-2,16H,3H2. The van der Waals surface area contributed by atoms with Gasteiger partial charge in [0.1, 0.15) is 5.75 Å². The zero-order valence-electron chi connectivity index (χ0n) is 8.18. The first-order chi connectivity index (χ1) is 7.81. The lowest BCUT2D eigenvalue weighted by atomic mass is 10.0. The van der Waals surface area contributed by atoms with Gasteiger partial charge < -0.3 is 5.11 Å². The van der Waals surface area contributed by atoms with Crippen LogP contribution >= 0.6 is 15.9 Å². The fourth-order valence-corrected chi connectivity index (χ4v) is 1.51. The Labute approximate surface area is 103 Å². The van der Waals surface area contributed by atoms with E-state index in [-0.39, 0.29) is 10.9 Å². The van der Waals surface area contributed by atoms with Gasteiger partial charge >= 0.3 is 6.18 Å². The predicted octanol–water partition coefficient (Wildman–Crippen LogP) is 2.86. The number of aromatic hydroxyl groups is 1. The molecule has 0 unspecified atom stereocenters. The van der Waals surface area contributed by atoms with Crippen LogP contribution < -0.4 is 0 Å². The highest BCUT2D eigenvalue weighted by atomic mass is 79.9. The number of rotatable bonds is 2. The smallest absolute Gasteiger partial charge is 0.417 e. The Morgan fingerprint density at radius 2 is 2.06 bits per heavy atom. The van der Waals surface area contributed by atoms with Gasteiger partial charge in [-0.1, -0.05) is 15.9 Å². The fourth-order valence-electron chi connectivity index (χ4n) is 1.21. The predicted molar refractivity (Wildman–Crippen MR) is 55.9 cm³/mol. The van der Waals surface area contributed by atoms with E-state index in [2.05, 4.69) is 15.9 Å². The summed E-state index contributed by atoms with van der Waals surface area (Å²) in [5, 5.41) is 17.8. The molecular weight excluding hydrogens is 303 g/mol. The number of benzene rings is 1. The number of alkyl halides is 4. The number of phenols is 1. The fraction of sp³-hybridized carbons (Fsp3) is 0.200. The molecule has 0 heterocycles. The third kappa shape index (κ3) is 2.77. The van der Waals surface area contributed by atoms with Gasteiger partial charge in [-0.2, -0.15) is 18.4 Å². The van der Waals surface area contributed by atoms with Crippen LogP contribution in [0.15, 0.2) is 12.1 Å². The lowest BCUT2D eigenvalue weighted by molar-refractivity contribution is -0.137. The number of halogens is 4. The molecule has 0 aliphatic carbocycles. The van der Waals surface area contributed by atoms with Gasteiger partial charge in [0, 0.05) is 0 Å². The minimum Gasteiger partial charge on any atom is -0.507 e. The summed E-state index contributed by atoms with van der Waals surface area (Å²) in [5.41, 5.74) is -2.27. The number of carbonyl (C=O) groups excluding carboxylic acids is 1. The number of hydrogen-bond acceptors (Lipinski definition) is 3.